The third-order valence-corrected chi connectivity index (χ3v) is 4.73. The maximum Gasteiger partial charge on any atom is 0.160 e. The van der Waals surface area contributed by atoms with Crippen molar-refractivity contribution in [3.05, 3.63) is 59.8 Å². The second-order valence-electron chi connectivity index (χ2n) is 6.79. The topological polar surface area (TPSA) is 85.1 Å². The average Bonchev–Trinajstić information content (AvgIpc) is 3.17. The van der Waals surface area contributed by atoms with Crippen molar-refractivity contribution in [2.45, 2.75) is 19.1 Å². The molecule has 3 N–H and O–H groups in total. The van der Waals surface area contributed by atoms with Crippen LogP contribution in [0.5, 0.6) is 11.5 Å². The Bertz CT molecular complexity index is 925. The highest BCUT2D eigenvalue weighted by Crippen LogP contribution is 2.27. The van der Waals surface area contributed by atoms with Crippen LogP contribution in [0.3, 0.4) is 0 Å². The smallest absolute Gasteiger partial charge is 0.160 e. The van der Waals surface area contributed by atoms with Gasteiger partial charge in [-0.15, -0.1) is 0 Å². The number of ether oxygens (including phenoxy) is 2. The Labute approximate surface area is 170 Å². The van der Waals surface area contributed by atoms with E-state index in [1.807, 2.05) is 48.7 Å². The Morgan fingerprint density at radius 2 is 1.79 bits per heavy atom. The quantitative estimate of drug-likeness (QED) is 0.426. The number of nitrogens with one attached hydrogen (secondary N) is 1. The highest BCUT2D eigenvalue weighted by Gasteiger charge is 2.08. The molecule has 1 heterocycles. The van der Waals surface area contributed by atoms with Crippen molar-refractivity contribution in [1.29, 1.82) is 0 Å². The van der Waals surface area contributed by atoms with Crippen LogP contribution in [0.1, 0.15) is 11.1 Å². The molecule has 2 aromatic carbocycles. The van der Waals surface area contributed by atoms with Crippen LogP contribution >= 0.6 is 0 Å². The van der Waals surface area contributed by atoms with Crippen molar-refractivity contribution >= 4 is 10.9 Å². The molecule has 0 spiro atoms. The molecule has 1 atom stereocenters. The van der Waals surface area contributed by atoms with Gasteiger partial charge in [-0.3, -0.25) is 0 Å². The average molecular weight is 400 g/mol. The van der Waals surface area contributed by atoms with E-state index >= 15 is 0 Å². The number of aliphatic hydroxyl groups is 2. The van der Waals surface area contributed by atoms with E-state index in [-0.39, 0.29) is 13.2 Å². The number of aromatic nitrogens is 1. The van der Waals surface area contributed by atoms with Crippen molar-refractivity contribution in [1.82, 2.24) is 10.0 Å². The van der Waals surface area contributed by atoms with Gasteiger partial charge < -0.3 is 29.8 Å². The third kappa shape index (κ3) is 5.41. The van der Waals surface area contributed by atoms with Gasteiger partial charge in [-0.05, 0) is 48.4 Å². The first-order valence-corrected chi connectivity index (χ1v) is 9.58. The molecule has 156 valence electrons. The fraction of sp³-hybridized carbons (Fsp3) is 0.364. The lowest BCUT2D eigenvalue weighted by Gasteiger charge is -2.15. The first kappa shape index (κ1) is 21.0. The van der Waals surface area contributed by atoms with Gasteiger partial charge in [0, 0.05) is 18.1 Å². The zero-order valence-electron chi connectivity index (χ0n) is 16.8. The molecule has 7 heteroatoms. The van der Waals surface area contributed by atoms with Gasteiger partial charge in [-0.1, -0.05) is 18.2 Å². The summed E-state index contributed by atoms with van der Waals surface area (Å²) in [5.74, 6) is 1.42. The molecule has 0 fully saturated rings. The van der Waals surface area contributed by atoms with Crippen molar-refractivity contribution in [3.63, 3.8) is 0 Å². The summed E-state index contributed by atoms with van der Waals surface area (Å²) in [6, 6.07) is 13.5. The summed E-state index contributed by atoms with van der Waals surface area (Å²) in [6.45, 7) is 1.29. The summed E-state index contributed by atoms with van der Waals surface area (Å²) in [4.78, 5) is 5.71. The fourth-order valence-electron chi connectivity index (χ4n) is 3.12. The molecule has 0 bridgehead atoms. The van der Waals surface area contributed by atoms with Gasteiger partial charge in [0.25, 0.3) is 0 Å². The van der Waals surface area contributed by atoms with Crippen molar-refractivity contribution in [2.24, 2.45) is 0 Å². The molecule has 0 aliphatic heterocycles. The van der Waals surface area contributed by atoms with E-state index < -0.39 is 6.10 Å². The Morgan fingerprint density at radius 3 is 2.55 bits per heavy atom. The molecule has 7 nitrogen and oxygen atoms in total. The summed E-state index contributed by atoms with van der Waals surface area (Å²) in [5.41, 5.74) is 2.81. The number of aliphatic hydroxyl groups excluding tert-OH is 2. The van der Waals surface area contributed by atoms with Gasteiger partial charge in [0.15, 0.2) is 11.5 Å². The van der Waals surface area contributed by atoms with Crippen molar-refractivity contribution in [3.8, 4) is 11.5 Å². The first-order chi connectivity index (χ1) is 14.1. The zero-order valence-corrected chi connectivity index (χ0v) is 16.8. The molecule has 0 saturated heterocycles. The molecule has 1 unspecified atom stereocenters. The Morgan fingerprint density at radius 1 is 1.00 bits per heavy atom. The van der Waals surface area contributed by atoms with Crippen molar-refractivity contribution in [2.75, 3.05) is 33.9 Å². The second kappa shape index (κ2) is 10.2. The molecule has 3 aromatic rings. The van der Waals surface area contributed by atoms with E-state index in [2.05, 4.69) is 5.32 Å². The normalized spacial score (nSPS) is 12.1. The van der Waals surface area contributed by atoms with Crippen LogP contribution in [0.2, 0.25) is 0 Å². The van der Waals surface area contributed by atoms with E-state index in [0.29, 0.717) is 18.0 Å². The van der Waals surface area contributed by atoms with Gasteiger partial charge >= 0.3 is 0 Å². The molecule has 0 amide bonds. The minimum atomic E-state index is -0.640. The van der Waals surface area contributed by atoms with Gasteiger partial charge in [-0.25, -0.2) is 0 Å². The summed E-state index contributed by atoms with van der Waals surface area (Å²) in [7, 11) is 3.24. The lowest BCUT2D eigenvalue weighted by atomic mass is 10.1. The van der Waals surface area contributed by atoms with Gasteiger partial charge in [0.2, 0.25) is 0 Å². The Hall–Kier alpha value is -2.74. The van der Waals surface area contributed by atoms with Crippen LogP contribution in [-0.2, 0) is 13.0 Å². The summed E-state index contributed by atoms with van der Waals surface area (Å²) in [6.07, 6.45) is 1.97. The van der Waals surface area contributed by atoms with Crippen molar-refractivity contribution < 1.29 is 24.5 Å². The van der Waals surface area contributed by atoms with Crippen LogP contribution in [0, 0.1) is 0 Å². The number of methoxy groups -OCH3 is 2. The van der Waals surface area contributed by atoms with E-state index in [9.17, 15) is 10.2 Å². The van der Waals surface area contributed by atoms with Crippen LogP contribution in [0.4, 0.5) is 0 Å². The molecule has 0 aliphatic rings. The zero-order chi connectivity index (χ0) is 20.6. The second-order valence-corrected chi connectivity index (χ2v) is 6.79. The van der Waals surface area contributed by atoms with E-state index in [1.54, 1.807) is 19.0 Å². The number of fused-ring (bicyclic) bond motifs is 1. The molecule has 1 aromatic heterocycles. The molecule has 3 rings (SSSR count). The van der Waals surface area contributed by atoms with E-state index in [4.69, 9.17) is 14.3 Å². The largest absolute Gasteiger partial charge is 0.493 e. The monoisotopic (exact) mass is 400 g/mol. The summed E-state index contributed by atoms with van der Waals surface area (Å²) in [5, 5.41) is 23.7. The van der Waals surface area contributed by atoms with Gasteiger partial charge in [0.05, 0.1) is 26.3 Å². The summed E-state index contributed by atoms with van der Waals surface area (Å²) >= 11 is 0. The molecular weight excluding hydrogens is 372 g/mol. The molecular formula is C22H28N2O5. The number of benzene rings is 2. The van der Waals surface area contributed by atoms with E-state index in [1.165, 1.54) is 0 Å². The molecule has 29 heavy (non-hydrogen) atoms. The predicted octanol–water partition coefficient (Wildman–Crippen LogP) is 1.77. The highest BCUT2D eigenvalue weighted by atomic mass is 16.7. The third-order valence-electron chi connectivity index (χ3n) is 4.73. The van der Waals surface area contributed by atoms with Crippen LogP contribution < -0.4 is 19.6 Å². The fourth-order valence-corrected chi connectivity index (χ4v) is 3.12. The SMILES string of the molecule is COc1ccc(CCNCC(O)COn2ccc3ccc(CO)cc32)cc1OC. The Kier molecular flexibility index (Phi) is 7.35. The van der Waals surface area contributed by atoms with Gasteiger partial charge in [-0.2, -0.15) is 4.73 Å². The number of hydrogen-bond acceptors (Lipinski definition) is 6. The molecule has 0 saturated carbocycles. The highest BCUT2D eigenvalue weighted by molar-refractivity contribution is 5.80. The lowest BCUT2D eigenvalue weighted by molar-refractivity contribution is 0.0322. The standard InChI is InChI=1S/C22H28N2O5/c1-27-21-6-4-16(12-22(21)28-2)7-9-23-13-19(26)15-29-24-10-8-18-5-3-17(14-25)11-20(18)24/h3-6,8,10-12,19,23,25-26H,7,9,13-15H2,1-2H3. The maximum absolute atomic E-state index is 10.2. The minimum Gasteiger partial charge on any atom is -0.493 e. The minimum absolute atomic E-state index is 0.0201. The number of hydrogen-bond donors (Lipinski definition) is 3. The lowest BCUT2D eigenvalue weighted by Crippen LogP contribution is -2.34. The first-order valence-electron chi connectivity index (χ1n) is 9.58. The van der Waals surface area contributed by atoms with E-state index in [0.717, 1.165) is 35.0 Å². The Balaban J connectivity index is 1.43. The van der Waals surface area contributed by atoms with Crippen LogP contribution in [0.25, 0.3) is 10.9 Å². The predicted molar refractivity (Wildman–Crippen MR) is 111 cm³/mol. The van der Waals surface area contributed by atoms with Crippen LogP contribution in [-0.4, -0.2) is 55.0 Å². The molecule has 0 radical (unpaired) electrons. The van der Waals surface area contributed by atoms with Gasteiger partial charge in [0.1, 0.15) is 12.7 Å². The summed E-state index contributed by atoms with van der Waals surface area (Å²) < 4.78 is 12.2. The number of nitrogens with zero attached hydrogens (tertiary/aromatic N) is 1. The maximum atomic E-state index is 10.2. The number of rotatable bonds is 11. The molecule has 0 aliphatic carbocycles. The van der Waals surface area contributed by atoms with Crippen LogP contribution in [0.15, 0.2) is 48.7 Å².